The highest BCUT2D eigenvalue weighted by molar-refractivity contribution is 5.67. The van der Waals surface area contributed by atoms with Gasteiger partial charge in [0.2, 0.25) is 0 Å². The summed E-state index contributed by atoms with van der Waals surface area (Å²) in [5.74, 6) is -1.48. The van der Waals surface area contributed by atoms with Gasteiger partial charge in [-0.15, -0.1) is 13.2 Å². The van der Waals surface area contributed by atoms with E-state index in [0.29, 0.717) is 12.0 Å². The number of carboxylic acid groups (broad SMARTS) is 1. The van der Waals surface area contributed by atoms with Crippen molar-refractivity contribution in [1.29, 1.82) is 0 Å². The molecule has 0 aromatic heterocycles. The summed E-state index contributed by atoms with van der Waals surface area (Å²) in [7, 11) is 0. The number of ether oxygens (including phenoxy) is 2. The molecular weight excluding hydrogens is 277 g/mol. The van der Waals surface area contributed by atoms with E-state index < -0.39 is 18.1 Å². The molecule has 0 saturated heterocycles. The van der Waals surface area contributed by atoms with E-state index in [9.17, 15) is 18.0 Å². The third-order valence-electron chi connectivity index (χ3n) is 2.32. The number of hydrogen-bond acceptors (Lipinski definition) is 3. The van der Waals surface area contributed by atoms with E-state index in [2.05, 4.69) is 4.74 Å². The highest BCUT2D eigenvalue weighted by Gasteiger charge is 2.32. The van der Waals surface area contributed by atoms with Crippen LogP contribution in [0.4, 0.5) is 13.2 Å². The Bertz CT molecular complexity index is 457. The summed E-state index contributed by atoms with van der Waals surface area (Å²) in [5, 5.41) is 8.57. The summed E-state index contributed by atoms with van der Waals surface area (Å²) in [6.45, 7) is 2.09. The Kier molecular flexibility index (Phi) is 5.66. The molecule has 0 fully saturated rings. The van der Waals surface area contributed by atoms with Crippen LogP contribution >= 0.6 is 0 Å². The fourth-order valence-electron chi connectivity index (χ4n) is 1.49. The molecule has 0 amide bonds. The minimum absolute atomic E-state index is 0.0109. The lowest BCUT2D eigenvalue weighted by molar-refractivity contribution is -0.275. The first-order valence-electron chi connectivity index (χ1n) is 6.05. The second kappa shape index (κ2) is 7.02. The van der Waals surface area contributed by atoms with Gasteiger partial charge in [0.1, 0.15) is 0 Å². The first kappa shape index (κ1) is 16.1. The van der Waals surface area contributed by atoms with Crippen molar-refractivity contribution in [2.75, 3.05) is 6.61 Å². The van der Waals surface area contributed by atoms with Gasteiger partial charge < -0.3 is 14.6 Å². The zero-order valence-electron chi connectivity index (χ0n) is 10.9. The van der Waals surface area contributed by atoms with E-state index in [1.54, 1.807) is 0 Å². The number of benzene rings is 1. The number of aryl methyl sites for hydroxylation is 1. The third kappa shape index (κ3) is 5.81. The number of carbonyl (C=O) groups is 1. The summed E-state index contributed by atoms with van der Waals surface area (Å²) in [4.78, 5) is 10.5. The SMILES string of the molecule is CCCOc1ccc(CCC(=O)O)cc1OC(F)(F)F. The van der Waals surface area contributed by atoms with Crippen LogP contribution in [-0.2, 0) is 11.2 Å². The van der Waals surface area contributed by atoms with Crippen molar-refractivity contribution in [3.05, 3.63) is 23.8 Å². The maximum Gasteiger partial charge on any atom is 0.573 e. The Morgan fingerprint density at radius 3 is 2.55 bits per heavy atom. The molecule has 0 saturated carbocycles. The predicted octanol–water partition coefficient (Wildman–Crippen LogP) is 3.39. The van der Waals surface area contributed by atoms with Crippen molar-refractivity contribution in [3.63, 3.8) is 0 Å². The molecule has 1 N–H and O–H groups in total. The molecule has 0 aliphatic heterocycles. The monoisotopic (exact) mass is 292 g/mol. The van der Waals surface area contributed by atoms with E-state index in [0.717, 1.165) is 6.07 Å². The summed E-state index contributed by atoms with van der Waals surface area (Å²) >= 11 is 0. The Hall–Kier alpha value is -1.92. The van der Waals surface area contributed by atoms with Crippen LogP contribution in [-0.4, -0.2) is 24.0 Å². The summed E-state index contributed by atoms with van der Waals surface area (Å²) in [6, 6.07) is 4.03. The van der Waals surface area contributed by atoms with Gasteiger partial charge in [-0.3, -0.25) is 4.79 Å². The van der Waals surface area contributed by atoms with Crippen molar-refractivity contribution >= 4 is 5.97 Å². The average molecular weight is 292 g/mol. The standard InChI is InChI=1S/C13H15F3O4/c1-2-7-19-10-5-3-9(4-6-12(17)18)8-11(10)20-13(14,15)16/h3,5,8H,2,4,6-7H2,1H3,(H,17,18). The van der Waals surface area contributed by atoms with Crippen LogP contribution in [0.25, 0.3) is 0 Å². The fourth-order valence-corrected chi connectivity index (χ4v) is 1.49. The molecule has 112 valence electrons. The molecule has 0 bridgehead atoms. The highest BCUT2D eigenvalue weighted by atomic mass is 19.4. The van der Waals surface area contributed by atoms with Crippen molar-refractivity contribution in [2.45, 2.75) is 32.5 Å². The van der Waals surface area contributed by atoms with Crippen LogP contribution in [0.2, 0.25) is 0 Å². The van der Waals surface area contributed by atoms with E-state index in [4.69, 9.17) is 9.84 Å². The minimum atomic E-state index is -4.82. The molecule has 7 heteroatoms. The first-order chi connectivity index (χ1) is 9.31. The second-order valence-corrected chi connectivity index (χ2v) is 4.07. The van der Waals surface area contributed by atoms with Gasteiger partial charge in [0.15, 0.2) is 11.5 Å². The van der Waals surface area contributed by atoms with Gasteiger partial charge in [0.05, 0.1) is 6.61 Å². The molecule has 1 aromatic rings. The van der Waals surface area contributed by atoms with Gasteiger partial charge in [-0.05, 0) is 30.5 Å². The first-order valence-corrected chi connectivity index (χ1v) is 6.05. The number of halogens is 3. The second-order valence-electron chi connectivity index (χ2n) is 4.07. The summed E-state index contributed by atoms with van der Waals surface area (Å²) in [6.07, 6.45) is -4.22. The minimum Gasteiger partial charge on any atom is -0.490 e. The van der Waals surface area contributed by atoms with Crippen molar-refractivity contribution in [2.24, 2.45) is 0 Å². The number of alkyl halides is 3. The van der Waals surface area contributed by atoms with E-state index in [1.165, 1.54) is 12.1 Å². The van der Waals surface area contributed by atoms with Crippen LogP contribution < -0.4 is 9.47 Å². The Morgan fingerprint density at radius 1 is 1.30 bits per heavy atom. The zero-order chi connectivity index (χ0) is 15.2. The topological polar surface area (TPSA) is 55.8 Å². The molecule has 0 aliphatic rings. The molecule has 0 heterocycles. The quantitative estimate of drug-likeness (QED) is 0.837. The average Bonchev–Trinajstić information content (AvgIpc) is 2.33. The molecule has 0 radical (unpaired) electrons. The van der Waals surface area contributed by atoms with Crippen LogP contribution in [0.3, 0.4) is 0 Å². The summed E-state index contributed by atoms with van der Waals surface area (Å²) < 4.78 is 46.0. The van der Waals surface area contributed by atoms with E-state index >= 15 is 0 Å². The Morgan fingerprint density at radius 2 is 2.00 bits per heavy atom. The highest BCUT2D eigenvalue weighted by Crippen LogP contribution is 2.33. The molecule has 20 heavy (non-hydrogen) atoms. The molecule has 0 spiro atoms. The van der Waals surface area contributed by atoms with Gasteiger partial charge in [-0.2, -0.15) is 0 Å². The number of rotatable bonds is 7. The molecule has 0 unspecified atom stereocenters. The zero-order valence-corrected chi connectivity index (χ0v) is 10.9. The number of hydrogen-bond donors (Lipinski definition) is 1. The lowest BCUT2D eigenvalue weighted by Gasteiger charge is -2.15. The van der Waals surface area contributed by atoms with E-state index in [1.807, 2.05) is 6.92 Å². The maximum absolute atomic E-state index is 12.3. The fraction of sp³-hybridized carbons (Fsp3) is 0.462. The predicted molar refractivity (Wildman–Crippen MR) is 64.9 cm³/mol. The lowest BCUT2D eigenvalue weighted by atomic mass is 10.1. The summed E-state index contributed by atoms with van der Waals surface area (Å²) in [5.41, 5.74) is 0.440. The van der Waals surface area contributed by atoms with Gasteiger partial charge in [-0.1, -0.05) is 13.0 Å². The Balaban J connectivity index is 2.92. The van der Waals surface area contributed by atoms with Crippen LogP contribution in [0.1, 0.15) is 25.3 Å². The van der Waals surface area contributed by atoms with E-state index in [-0.39, 0.29) is 25.2 Å². The number of aliphatic carboxylic acids is 1. The lowest BCUT2D eigenvalue weighted by Crippen LogP contribution is -2.18. The van der Waals surface area contributed by atoms with Crippen molar-refractivity contribution in [1.82, 2.24) is 0 Å². The van der Waals surface area contributed by atoms with Crippen LogP contribution in [0.15, 0.2) is 18.2 Å². The van der Waals surface area contributed by atoms with Crippen molar-refractivity contribution in [3.8, 4) is 11.5 Å². The molecule has 0 aliphatic carbocycles. The largest absolute Gasteiger partial charge is 0.573 e. The third-order valence-corrected chi connectivity index (χ3v) is 2.32. The molecule has 1 aromatic carbocycles. The van der Waals surface area contributed by atoms with Gasteiger partial charge in [0, 0.05) is 6.42 Å². The smallest absolute Gasteiger partial charge is 0.490 e. The van der Waals surface area contributed by atoms with Crippen molar-refractivity contribution < 1.29 is 32.5 Å². The number of carboxylic acids is 1. The van der Waals surface area contributed by atoms with Crippen LogP contribution in [0, 0.1) is 0 Å². The van der Waals surface area contributed by atoms with Crippen LogP contribution in [0.5, 0.6) is 11.5 Å². The normalized spacial score (nSPS) is 11.2. The van der Waals surface area contributed by atoms with Gasteiger partial charge in [0.25, 0.3) is 0 Å². The molecular formula is C13H15F3O4. The maximum atomic E-state index is 12.3. The van der Waals surface area contributed by atoms with Gasteiger partial charge in [-0.25, -0.2) is 0 Å². The molecule has 4 nitrogen and oxygen atoms in total. The molecule has 1 rings (SSSR count). The van der Waals surface area contributed by atoms with Gasteiger partial charge >= 0.3 is 12.3 Å². The Labute approximate surface area is 114 Å². The molecule has 0 atom stereocenters.